The minimum Gasteiger partial charge on any atom is -0.305 e. The Morgan fingerprint density at radius 2 is 2.36 bits per heavy atom. The Hall–Kier alpha value is -0.600. The largest absolute Gasteiger partial charge is 0.305 e. The van der Waals surface area contributed by atoms with E-state index in [4.69, 9.17) is 0 Å². The van der Waals surface area contributed by atoms with Gasteiger partial charge in [0.05, 0.1) is 0 Å². The molecular weight excluding hydrogens is 172 g/mol. The van der Waals surface area contributed by atoms with Crippen molar-refractivity contribution >= 4 is 0 Å². The van der Waals surface area contributed by atoms with Crippen LogP contribution < -0.4 is 10.6 Å². The molecule has 0 saturated heterocycles. The summed E-state index contributed by atoms with van der Waals surface area (Å²) in [4.78, 5) is 0. The highest BCUT2D eigenvalue weighted by atomic mass is 15.1. The highest BCUT2D eigenvalue weighted by Crippen LogP contribution is 2.22. The van der Waals surface area contributed by atoms with Crippen molar-refractivity contribution in [1.29, 1.82) is 0 Å². The molecule has 14 heavy (non-hydrogen) atoms. The molecule has 0 radical (unpaired) electrons. The van der Waals surface area contributed by atoms with Gasteiger partial charge in [0.15, 0.2) is 0 Å². The van der Waals surface area contributed by atoms with Crippen LogP contribution in [0.2, 0.25) is 0 Å². The zero-order valence-corrected chi connectivity index (χ0v) is 9.51. The van der Waals surface area contributed by atoms with Gasteiger partial charge in [0, 0.05) is 12.7 Å². The lowest BCUT2D eigenvalue weighted by molar-refractivity contribution is 0.506. The predicted molar refractivity (Wildman–Crippen MR) is 62.1 cm³/mol. The smallest absolute Gasteiger partial charge is 0.0458 e. The number of rotatable bonds is 5. The van der Waals surface area contributed by atoms with E-state index in [1.165, 1.54) is 12.0 Å². The second-order valence-electron chi connectivity index (χ2n) is 3.94. The van der Waals surface area contributed by atoms with Crippen molar-refractivity contribution in [2.75, 3.05) is 13.2 Å². The second-order valence-corrected chi connectivity index (χ2v) is 3.94. The molecule has 0 saturated carbocycles. The first-order valence-corrected chi connectivity index (χ1v) is 5.56. The van der Waals surface area contributed by atoms with Gasteiger partial charge >= 0.3 is 0 Å². The summed E-state index contributed by atoms with van der Waals surface area (Å²) in [6.07, 6.45) is 7.84. The quantitative estimate of drug-likeness (QED) is 0.517. The first kappa shape index (κ1) is 11.5. The van der Waals surface area contributed by atoms with Gasteiger partial charge < -0.3 is 5.32 Å². The Bertz CT molecular complexity index is 218. The number of hydrogen-bond donors (Lipinski definition) is 2. The molecule has 2 atom stereocenters. The Morgan fingerprint density at radius 1 is 1.57 bits per heavy atom. The van der Waals surface area contributed by atoms with Crippen LogP contribution in [0.4, 0.5) is 0 Å². The molecule has 2 nitrogen and oxygen atoms in total. The number of hydrogen-bond acceptors (Lipinski definition) is 2. The molecule has 2 N–H and O–H groups in total. The Morgan fingerprint density at radius 3 is 3.00 bits per heavy atom. The van der Waals surface area contributed by atoms with Crippen LogP contribution in [0.15, 0.2) is 23.8 Å². The fourth-order valence-electron chi connectivity index (χ4n) is 1.80. The molecule has 0 aromatic rings. The summed E-state index contributed by atoms with van der Waals surface area (Å²) in [6.45, 7) is 8.57. The van der Waals surface area contributed by atoms with Gasteiger partial charge in [-0.05, 0) is 25.8 Å². The lowest BCUT2D eigenvalue weighted by atomic mass is 9.89. The average Bonchev–Trinajstić information content (AvgIpc) is 2.18. The summed E-state index contributed by atoms with van der Waals surface area (Å²) in [5.74, 6) is 0.684. The van der Waals surface area contributed by atoms with E-state index in [-0.39, 0.29) is 0 Å². The number of nitrogens with one attached hydrogen (secondary N) is 2. The fourth-order valence-corrected chi connectivity index (χ4v) is 1.80. The summed E-state index contributed by atoms with van der Waals surface area (Å²) < 4.78 is 0. The summed E-state index contributed by atoms with van der Waals surface area (Å²) >= 11 is 0. The number of allylic oxidation sites excluding steroid dienone is 3. The Labute approximate surface area is 87.5 Å². The normalized spacial score (nSPS) is 23.4. The van der Waals surface area contributed by atoms with Crippen LogP contribution in [0.3, 0.4) is 0 Å². The van der Waals surface area contributed by atoms with Crippen molar-refractivity contribution < 1.29 is 0 Å². The standard InChI is InChI=1S/C12H22N2/c1-4-13-9-14-11(3)12-8-6-5-7-10(12)2/h5-6,8,10-11,13-14H,4,7,9H2,1-3H3. The van der Waals surface area contributed by atoms with E-state index >= 15 is 0 Å². The molecule has 1 aliphatic carbocycles. The van der Waals surface area contributed by atoms with E-state index in [1.54, 1.807) is 0 Å². The van der Waals surface area contributed by atoms with E-state index < -0.39 is 0 Å². The molecule has 0 spiro atoms. The summed E-state index contributed by atoms with van der Waals surface area (Å²) in [6, 6.07) is 0.481. The molecule has 2 unspecified atom stereocenters. The zero-order chi connectivity index (χ0) is 10.4. The van der Waals surface area contributed by atoms with E-state index in [1.807, 2.05) is 0 Å². The van der Waals surface area contributed by atoms with Gasteiger partial charge in [-0.2, -0.15) is 0 Å². The van der Waals surface area contributed by atoms with Gasteiger partial charge in [-0.15, -0.1) is 0 Å². The second kappa shape index (κ2) is 5.99. The lowest BCUT2D eigenvalue weighted by Crippen LogP contribution is -2.37. The van der Waals surface area contributed by atoms with E-state index in [2.05, 4.69) is 49.6 Å². The molecule has 0 aromatic heterocycles. The van der Waals surface area contributed by atoms with Crippen molar-refractivity contribution in [1.82, 2.24) is 10.6 Å². The predicted octanol–water partition coefficient (Wildman–Crippen LogP) is 2.05. The maximum absolute atomic E-state index is 3.47. The van der Waals surface area contributed by atoms with Crippen LogP contribution in [0.5, 0.6) is 0 Å². The van der Waals surface area contributed by atoms with Crippen molar-refractivity contribution in [2.45, 2.75) is 33.2 Å². The molecule has 0 aliphatic heterocycles. The molecule has 1 rings (SSSR count). The van der Waals surface area contributed by atoms with E-state index in [0.29, 0.717) is 12.0 Å². The first-order chi connectivity index (χ1) is 6.75. The lowest BCUT2D eigenvalue weighted by Gasteiger charge is -2.24. The molecule has 0 amide bonds. The minimum absolute atomic E-state index is 0.481. The maximum Gasteiger partial charge on any atom is 0.0458 e. The maximum atomic E-state index is 3.47. The van der Waals surface area contributed by atoms with Gasteiger partial charge in [0.2, 0.25) is 0 Å². The Balaban J connectivity index is 2.38. The summed E-state index contributed by atoms with van der Waals surface area (Å²) in [5.41, 5.74) is 1.52. The molecule has 0 aromatic carbocycles. The topological polar surface area (TPSA) is 24.1 Å². The monoisotopic (exact) mass is 194 g/mol. The highest BCUT2D eigenvalue weighted by molar-refractivity contribution is 5.24. The molecule has 0 bridgehead atoms. The fraction of sp³-hybridized carbons (Fsp3) is 0.667. The summed E-state index contributed by atoms with van der Waals surface area (Å²) in [5, 5.41) is 6.75. The van der Waals surface area contributed by atoms with Crippen LogP contribution in [-0.4, -0.2) is 19.3 Å². The van der Waals surface area contributed by atoms with Crippen LogP contribution in [-0.2, 0) is 0 Å². The van der Waals surface area contributed by atoms with Crippen molar-refractivity contribution in [2.24, 2.45) is 5.92 Å². The van der Waals surface area contributed by atoms with Crippen molar-refractivity contribution in [3.63, 3.8) is 0 Å². The van der Waals surface area contributed by atoms with Gasteiger partial charge in [-0.25, -0.2) is 0 Å². The van der Waals surface area contributed by atoms with Crippen LogP contribution in [0, 0.1) is 5.92 Å². The molecule has 0 fully saturated rings. The van der Waals surface area contributed by atoms with Crippen LogP contribution in [0.25, 0.3) is 0 Å². The third-order valence-corrected chi connectivity index (χ3v) is 2.77. The van der Waals surface area contributed by atoms with Gasteiger partial charge in [0.25, 0.3) is 0 Å². The van der Waals surface area contributed by atoms with Crippen molar-refractivity contribution in [3.8, 4) is 0 Å². The molecular formula is C12H22N2. The van der Waals surface area contributed by atoms with Gasteiger partial charge in [-0.3, -0.25) is 5.32 Å². The molecule has 0 heterocycles. The third kappa shape index (κ3) is 3.28. The average molecular weight is 194 g/mol. The molecule has 2 heteroatoms. The first-order valence-electron chi connectivity index (χ1n) is 5.56. The third-order valence-electron chi connectivity index (χ3n) is 2.77. The SMILES string of the molecule is CCNCNC(C)C1=CC=CCC1C. The van der Waals surface area contributed by atoms with Gasteiger partial charge in [0.1, 0.15) is 0 Å². The highest BCUT2D eigenvalue weighted by Gasteiger charge is 2.15. The molecule has 1 aliphatic rings. The van der Waals surface area contributed by atoms with E-state index in [9.17, 15) is 0 Å². The van der Waals surface area contributed by atoms with Gasteiger partial charge in [-0.1, -0.05) is 37.6 Å². The summed E-state index contributed by atoms with van der Waals surface area (Å²) in [7, 11) is 0. The minimum atomic E-state index is 0.481. The van der Waals surface area contributed by atoms with Crippen LogP contribution in [0.1, 0.15) is 27.2 Å². The Kier molecular flexibility index (Phi) is 4.91. The zero-order valence-electron chi connectivity index (χ0n) is 9.51. The molecule has 80 valence electrons. The van der Waals surface area contributed by atoms with Crippen molar-refractivity contribution in [3.05, 3.63) is 23.8 Å². The van der Waals surface area contributed by atoms with Crippen LogP contribution >= 0.6 is 0 Å². The van der Waals surface area contributed by atoms with E-state index in [0.717, 1.165) is 13.2 Å².